The summed E-state index contributed by atoms with van der Waals surface area (Å²) in [6, 6.07) is 17.4. The van der Waals surface area contributed by atoms with Crippen molar-refractivity contribution in [2.45, 2.75) is 13.8 Å². The fourth-order valence-electron chi connectivity index (χ4n) is 4.98. The van der Waals surface area contributed by atoms with Gasteiger partial charge in [-0.2, -0.15) is 0 Å². The van der Waals surface area contributed by atoms with Crippen molar-refractivity contribution in [3.8, 4) is 5.82 Å². The number of aromatic nitrogens is 6. The van der Waals surface area contributed by atoms with Crippen LogP contribution in [0.5, 0.6) is 0 Å². The summed E-state index contributed by atoms with van der Waals surface area (Å²) in [5, 5.41) is 4.06. The van der Waals surface area contributed by atoms with Crippen LogP contribution in [-0.4, -0.2) is 73.8 Å². The summed E-state index contributed by atoms with van der Waals surface area (Å²) in [4.78, 5) is 27.6. The Morgan fingerprint density at radius 3 is 2.61 bits per heavy atom. The highest BCUT2D eigenvalue weighted by Gasteiger charge is 2.21. The second-order valence-electron chi connectivity index (χ2n) is 9.85. The maximum Gasteiger partial charge on any atom is 0.214 e. The lowest BCUT2D eigenvalue weighted by atomic mass is 10.2. The fourth-order valence-corrected chi connectivity index (χ4v) is 5.25. The molecule has 0 radical (unpaired) electrons. The van der Waals surface area contributed by atoms with Crippen molar-refractivity contribution in [2.75, 3.05) is 55.3 Å². The van der Waals surface area contributed by atoms with Crippen LogP contribution in [0, 0.1) is 13.8 Å². The molecule has 41 heavy (non-hydrogen) atoms. The smallest absolute Gasteiger partial charge is 0.214 e. The van der Waals surface area contributed by atoms with Gasteiger partial charge in [0.1, 0.15) is 35.4 Å². The summed E-state index contributed by atoms with van der Waals surface area (Å²) < 4.78 is 7.51. The lowest BCUT2D eigenvalue weighted by molar-refractivity contribution is 0.0394. The molecular formula is C29H31ClN10O. The maximum absolute atomic E-state index is 6.57. The molecule has 3 N–H and O–H groups in total. The lowest BCUT2D eigenvalue weighted by Crippen LogP contribution is -2.41. The van der Waals surface area contributed by atoms with E-state index in [9.17, 15) is 0 Å². The van der Waals surface area contributed by atoms with Crippen molar-refractivity contribution in [1.82, 2.24) is 34.4 Å². The fraction of sp³-hybridized carbons (Fsp3) is 0.276. The summed E-state index contributed by atoms with van der Waals surface area (Å²) in [6.45, 7) is 8.50. The Morgan fingerprint density at radius 2 is 1.80 bits per heavy atom. The van der Waals surface area contributed by atoms with Crippen molar-refractivity contribution in [2.24, 2.45) is 0 Å². The monoisotopic (exact) mass is 570 g/mol. The molecule has 0 aliphatic carbocycles. The summed E-state index contributed by atoms with van der Waals surface area (Å²) >= 11 is 6.57. The van der Waals surface area contributed by atoms with Crippen LogP contribution < -0.4 is 16.0 Å². The standard InChI is InChI=1S/C29H31ClN10O/c1-19-6-5-7-21(30)28(19)37-29-36-22-8-3-4-9-23(22)40(29)26-17-25(32-18-33-26)39(11-10-38-12-14-41-15-13-38)27-16-24(31)34-20(2)35-27/h3-9,16-18H,10-15H2,1-2H3,(H,36,37)(H2,31,34,35). The minimum Gasteiger partial charge on any atom is -0.384 e. The van der Waals surface area contributed by atoms with Crippen LogP contribution in [0.1, 0.15) is 11.4 Å². The van der Waals surface area contributed by atoms with E-state index in [4.69, 9.17) is 32.0 Å². The molecule has 0 atom stereocenters. The minimum atomic E-state index is 0.403. The van der Waals surface area contributed by atoms with Crippen LogP contribution >= 0.6 is 11.6 Å². The molecule has 0 unspecified atom stereocenters. The number of nitrogens with zero attached hydrogens (tertiary/aromatic N) is 8. The SMILES string of the molecule is Cc1nc(N)cc(N(CCN2CCOCC2)c2cc(-n3c(Nc4c(C)cccc4Cl)nc4ccccc43)ncn2)n1. The quantitative estimate of drug-likeness (QED) is 0.272. The lowest BCUT2D eigenvalue weighted by Gasteiger charge is -2.30. The zero-order valence-electron chi connectivity index (χ0n) is 23.0. The highest BCUT2D eigenvalue weighted by molar-refractivity contribution is 6.33. The van der Waals surface area contributed by atoms with Crippen LogP contribution in [0.15, 0.2) is 60.9 Å². The number of rotatable bonds is 8. The van der Waals surface area contributed by atoms with E-state index in [2.05, 4.69) is 30.1 Å². The van der Waals surface area contributed by atoms with Crippen molar-refractivity contribution >= 4 is 51.7 Å². The number of hydrogen-bond acceptors (Lipinski definition) is 10. The number of halogens is 1. The molecule has 11 nitrogen and oxygen atoms in total. The first-order valence-corrected chi connectivity index (χ1v) is 13.8. The number of para-hydroxylation sites is 3. The third-order valence-corrected chi connectivity index (χ3v) is 7.34. The summed E-state index contributed by atoms with van der Waals surface area (Å²) in [6.07, 6.45) is 1.56. The largest absolute Gasteiger partial charge is 0.384 e. The molecule has 0 bridgehead atoms. The van der Waals surface area contributed by atoms with E-state index >= 15 is 0 Å². The number of morpholine rings is 1. The Hall–Kier alpha value is -4.32. The molecule has 6 rings (SSSR count). The first kappa shape index (κ1) is 26.9. The topological polar surface area (TPSA) is 123 Å². The zero-order valence-corrected chi connectivity index (χ0v) is 23.7. The van der Waals surface area contributed by atoms with Gasteiger partial charge >= 0.3 is 0 Å². The van der Waals surface area contributed by atoms with Crippen LogP contribution in [-0.2, 0) is 4.74 Å². The van der Waals surface area contributed by atoms with Crippen molar-refractivity contribution in [3.63, 3.8) is 0 Å². The molecule has 1 aliphatic rings. The first-order valence-electron chi connectivity index (χ1n) is 13.5. The molecule has 2 aromatic carbocycles. The van der Waals surface area contributed by atoms with E-state index in [1.807, 2.05) is 66.9 Å². The third kappa shape index (κ3) is 5.78. The Kier molecular flexibility index (Phi) is 7.64. The summed E-state index contributed by atoms with van der Waals surface area (Å²) in [7, 11) is 0. The van der Waals surface area contributed by atoms with Gasteiger partial charge in [0.15, 0.2) is 0 Å². The number of ether oxygens (including phenoxy) is 1. The van der Waals surface area contributed by atoms with Crippen LogP contribution in [0.3, 0.4) is 0 Å². The van der Waals surface area contributed by atoms with Crippen LogP contribution in [0.25, 0.3) is 16.9 Å². The minimum absolute atomic E-state index is 0.403. The third-order valence-electron chi connectivity index (χ3n) is 7.03. The molecule has 0 saturated carbocycles. The molecule has 210 valence electrons. The zero-order chi connectivity index (χ0) is 28.3. The molecule has 12 heteroatoms. The molecule has 1 fully saturated rings. The molecule has 0 spiro atoms. The Balaban J connectivity index is 1.43. The predicted molar refractivity (Wildman–Crippen MR) is 162 cm³/mol. The van der Waals surface area contributed by atoms with E-state index < -0.39 is 0 Å². The number of benzene rings is 2. The second-order valence-corrected chi connectivity index (χ2v) is 10.3. The number of aryl methyl sites for hydroxylation is 2. The number of fused-ring (bicyclic) bond motifs is 1. The van der Waals surface area contributed by atoms with E-state index in [1.54, 1.807) is 12.4 Å². The van der Waals surface area contributed by atoms with Gasteiger partial charge in [-0.1, -0.05) is 35.9 Å². The normalized spacial score (nSPS) is 13.9. The van der Waals surface area contributed by atoms with E-state index in [0.29, 0.717) is 46.6 Å². The van der Waals surface area contributed by atoms with E-state index in [1.165, 1.54) is 0 Å². The number of nitrogen functional groups attached to an aromatic ring is 1. The summed E-state index contributed by atoms with van der Waals surface area (Å²) in [5.41, 5.74) is 9.65. The van der Waals surface area contributed by atoms with Crippen molar-refractivity contribution in [1.29, 1.82) is 0 Å². The van der Waals surface area contributed by atoms with E-state index in [-0.39, 0.29) is 0 Å². The van der Waals surface area contributed by atoms with Gasteiger partial charge in [0.25, 0.3) is 0 Å². The van der Waals surface area contributed by atoms with Crippen molar-refractivity contribution in [3.05, 3.63) is 77.3 Å². The van der Waals surface area contributed by atoms with Crippen LogP contribution in [0.2, 0.25) is 5.02 Å². The number of nitrogens with two attached hydrogens (primary N) is 1. The molecular weight excluding hydrogens is 540 g/mol. The maximum atomic E-state index is 6.57. The van der Waals surface area contributed by atoms with Gasteiger partial charge in [0, 0.05) is 38.3 Å². The van der Waals surface area contributed by atoms with Gasteiger partial charge in [-0.3, -0.25) is 9.47 Å². The Bertz CT molecular complexity index is 1640. The van der Waals surface area contributed by atoms with Gasteiger partial charge in [0.2, 0.25) is 5.95 Å². The molecule has 4 heterocycles. The van der Waals surface area contributed by atoms with Crippen molar-refractivity contribution < 1.29 is 4.74 Å². The predicted octanol–water partition coefficient (Wildman–Crippen LogP) is 4.67. The molecule has 1 saturated heterocycles. The van der Waals surface area contributed by atoms with Crippen LogP contribution in [0.4, 0.5) is 29.1 Å². The number of nitrogens with one attached hydrogen (secondary N) is 1. The first-order chi connectivity index (χ1) is 20.0. The number of anilines is 5. The Morgan fingerprint density at radius 1 is 0.976 bits per heavy atom. The highest BCUT2D eigenvalue weighted by atomic mass is 35.5. The average Bonchev–Trinajstić information content (AvgIpc) is 3.33. The van der Waals surface area contributed by atoms with E-state index in [0.717, 1.165) is 55.1 Å². The van der Waals surface area contributed by atoms with Gasteiger partial charge in [-0.05, 0) is 37.6 Å². The van der Waals surface area contributed by atoms with Gasteiger partial charge in [-0.25, -0.2) is 24.9 Å². The molecule has 5 aromatic rings. The molecule has 3 aromatic heterocycles. The number of imidazole rings is 1. The highest BCUT2D eigenvalue weighted by Crippen LogP contribution is 2.32. The van der Waals surface area contributed by atoms with Gasteiger partial charge in [-0.15, -0.1) is 0 Å². The van der Waals surface area contributed by atoms with Gasteiger partial charge in [0.05, 0.1) is 35.0 Å². The number of hydrogen-bond donors (Lipinski definition) is 2. The molecule has 0 amide bonds. The Labute approximate surface area is 243 Å². The average molecular weight is 571 g/mol. The molecule has 1 aliphatic heterocycles. The van der Waals surface area contributed by atoms with Gasteiger partial charge < -0.3 is 20.7 Å². The second kappa shape index (κ2) is 11.7. The summed E-state index contributed by atoms with van der Waals surface area (Å²) in [5.74, 6) is 3.58.